The molecule has 1 aliphatic carbocycles. The van der Waals surface area contributed by atoms with Crippen molar-refractivity contribution in [3.8, 4) is 0 Å². The van der Waals surface area contributed by atoms with Gasteiger partial charge >= 0.3 is 5.97 Å². The summed E-state index contributed by atoms with van der Waals surface area (Å²) < 4.78 is 0. The number of hydrogen-bond donors (Lipinski definition) is 1. The van der Waals surface area contributed by atoms with E-state index in [1.165, 1.54) is 32.1 Å². The summed E-state index contributed by atoms with van der Waals surface area (Å²) in [5, 5.41) is 8.90. The third-order valence-electron chi connectivity index (χ3n) is 5.72. The van der Waals surface area contributed by atoms with E-state index >= 15 is 0 Å². The van der Waals surface area contributed by atoms with Crippen LogP contribution in [0.5, 0.6) is 0 Å². The highest BCUT2D eigenvalue weighted by Gasteiger charge is 2.30. The van der Waals surface area contributed by atoms with Gasteiger partial charge in [-0.1, -0.05) is 45.4 Å². The summed E-state index contributed by atoms with van der Waals surface area (Å²) in [5.41, 5.74) is 0. The van der Waals surface area contributed by atoms with Crippen LogP contribution in [0.4, 0.5) is 0 Å². The van der Waals surface area contributed by atoms with Crippen molar-refractivity contribution in [1.29, 1.82) is 0 Å². The number of carboxylic acid groups (broad SMARTS) is 1. The van der Waals surface area contributed by atoms with E-state index < -0.39 is 5.97 Å². The number of aliphatic carboxylic acids is 1. The van der Waals surface area contributed by atoms with Crippen molar-refractivity contribution in [2.24, 2.45) is 17.8 Å². The van der Waals surface area contributed by atoms with Gasteiger partial charge in [0.05, 0.1) is 0 Å². The van der Waals surface area contributed by atoms with Crippen LogP contribution in [-0.4, -0.2) is 35.0 Å². The third kappa shape index (κ3) is 5.82. The lowest BCUT2D eigenvalue weighted by molar-refractivity contribution is -0.139. The molecule has 0 aromatic carbocycles. The second-order valence-corrected chi connectivity index (χ2v) is 7.59. The van der Waals surface area contributed by atoms with Crippen molar-refractivity contribution in [3.05, 3.63) is 0 Å². The minimum Gasteiger partial charge on any atom is -0.481 e. The monoisotopic (exact) mass is 323 g/mol. The summed E-state index contributed by atoms with van der Waals surface area (Å²) in [4.78, 5) is 25.7. The van der Waals surface area contributed by atoms with E-state index in [1.807, 2.05) is 4.90 Å². The SMILES string of the molecule is CCCC(CC1CCCCC1)C(=O)N1CCC(CC(=O)O)CC1. The molecule has 0 aromatic heterocycles. The summed E-state index contributed by atoms with van der Waals surface area (Å²) in [6, 6.07) is 0. The molecule has 1 amide bonds. The van der Waals surface area contributed by atoms with E-state index in [1.54, 1.807) is 0 Å². The highest BCUT2D eigenvalue weighted by molar-refractivity contribution is 5.79. The van der Waals surface area contributed by atoms with Crippen LogP contribution in [0.25, 0.3) is 0 Å². The lowest BCUT2D eigenvalue weighted by Crippen LogP contribution is -2.42. The van der Waals surface area contributed by atoms with Crippen LogP contribution in [-0.2, 0) is 9.59 Å². The van der Waals surface area contributed by atoms with Gasteiger partial charge in [0.25, 0.3) is 0 Å². The average Bonchev–Trinajstić information content (AvgIpc) is 2.55. The maximum atomic E-state index is 12.9. The van der Waals surface area contributed by atoms with Gasteiger partial charge in [-0.25, -0.2) is 0 Å². The Hall–Kier alpha value is -1.06. The Morgan fingerprint density at radius 3 is 2.26 bits per heavy atom. The van der Waals surface area contributed by atoms with E-state index in [0.717, 1.165) is 51.1 Å². The van der Waals surface area contributed by atoms with Gasteiger partial charge in [-0.2, -0.15) is 0 Å². The third-order valence-corrected chi connectivity index (χ3v) is 5.72. The van der Waals surface area contributed by atoms with Crippen molar-refractivity contribution in [2.75, 3.05) is 13.1 Å². The largest absolute Gasteiger partial charge is 0.481 e. The van der Waals surface area contributed by atoms with Crippen LogP contribution in [0.15, 0.2) is 0 Å². The van der Waals surface area contributed by atoms with Gasteiger partial charge < -0.3 is 10.0 Å². The molecule has 0 spiro atoms. The van der Waals surface area contributed by atoms with Crippen molar-refractivity contribution >= 4 is 11.9 Å². The molecule has 4 heteroatoms. The molecular formula is C19H33NO3. The number of hydrogen-bond acceptors (Lipinski definition) is 2. The van der Waals surface area contributed by atoms with Crippen molar-refractivity contribution in [1.82, 2.24) is 4.90 Å². The zero-order valence-corrected chi connectivity index (χ0v) is 14.6. The van der Waals surface area contributed by atoms with Gasteiger partial charge in [0.2, 0.25) is 5.91 Å². The molecule has 2 fully saturated rings. The second kappa shape index (κ2) is 9.29. The number of amides is 1. The molecule has 2 aliphatic rings. The highest BCUT2D eigenvalue weighted by atomic mass is 16.4. The lowest BCUT2D eigenvalue weighted by Gasteiger charge is -2.35. The number of carbonyl (C=O) groups excluding carboxylic acids is 1. The predicted octanol–water partition coefficient (Wildman–Crippen LogP) is 4.09. The second-order valence-electron chi connectivity index (χ2n) is 7.59. The quantitative estimate of drug-likeness (QED) is 0.768. The van der Waals surface area contributed by atoms with E-state index in [2.05, 4.69) is 6.92 Å². The molecule has 1 atom stereocenters. The molecule has 4 nitrogen and oxygen atoms in total. The Morgan fingerprint density at radius 2 is 1.70 bits per heavy atom. The van der Waals surface area contributed by atoms with Crippen LogP contribution < -0.4 is 0 Å². The first-order valence-corrected chi connectivity index (χ1v) is 9.60. The molecule has 0 bridgehead atoms. The number of piperidine rings is 1. The Morgan fingerprint density at radius 1 is 1.04 bits per heavy atom. The molecule has 0 radical (unpaired) electrons. The van der Waals surface area contributed by atoms with Crippen LogP contribution in [0, 0.1) is 17.8 Å². The van der Waals surface area contributed by atoms with Crippen molar-refractivity contribution < 1.29 is 14.7 Å². The maximum Gasteiger partial charge on any atom is 0.303 e. The van der Waals surface area contributed by atoms with Crippen LogP contribution in [0.1, 0.15) is 77.6 Å². The topological polar surface area (TPSA) is 57.6 Å². The highest BCUT2D eigenvalue weighted by Crippen LogP contribution is 2.32. The number of likely N-dealkylation sites (tertiary alicyclic amines) is 1. The Bertz CT molecular complexity index is 382. The van der Waals surface area contributed by atoms with Gasteiger partial charge in [-0.05, 0) is 37.5 Å². The summed E-state index contributed by atoms with van der Waals surface area (Å²) in [6.07, 6.45) is 11.7. The van der Waals surface area contributed by atoms with Crippen molar-refractivity contribution in [2.45, 2.75) is 77.6 Å². The molecule has 1 unspecified atom stereocenters. The maximum absolute atomic E-state index is 12.9. The molecule has 23 heavy (non-hydrogen) atoms. The zero-order valence-electron chi connectivity index (χ0n) is 14.6. The van der Waals surface area contributed by atoms with Gasteiger partial charge in [0, 0.05) is 25.4 Å². The molecule has 1 N–H and O–H groups in total. The fourth-order valence-corrected chi connectivity index (χ4v) is 4.38. The Balaban J connectivity index is 1.84. The summed E-state index contributed by atoms with van der Waals surface area (Å²) in [7, 11) is 0. The van der Waals surface area contributed by atoms with Crippen LogP contribution >= 0.6 is 0 Å². The molecule has 1 saturated carbocycles. The number of carbonyl (C=O) groups is 2. The van der Waals surface area contributed by atoms with Gasteiger partial charge in [0.15, 0.2) is 0 Å². The van der Waals surface area contributed by atoms with Crippen molar-refractivity contribution in [3.63, 3.8) is 0 Å². The summed E-state index contributed by atoms with van der Waals surface area (Å²) in [5.74, 6) is 0.814. The molecule has 1 aliphatic heterocycles. The number of rotatable bonds is 7. The minimum atomic E-state index is -0.712. The predicted molar refractivity (Wildman–Crippen MR) is 91.1 cm³/mol. The van der Waals surface area contributed by atoms with E-state index in [9.17, 15) is 9.59 Å². The molecule has 2 rings (SSSR count). The number of nitrogens with zero attached hydrogens (tertiary/aromatic N) is 1. The number of carboxylic acids is 1. The lowest BCUT2D eigenvalue weighted by atomic mass is 9.81. The fourth-order valence-electron chi connectivity index (χ4n) is 4.38. The summed E-state index contributed by atoms with van der Waals surface area (Å²) >= 11 is 0. The normalized spacial score (nSPS) is 22.0. The van der Waals surface area contributed by atoms with Gasteiger partial charge in [-0.15, -0.1) is 0 Å². The molecule has 132 valence electrons. The Labute approximate surface area is 140 Å². The molecular weight excluding hydrogens is 290 g/mol. The van der Waals surface area contributed by atoms with Crippen LogP contribution in [0.3, 0.4) is 0 Å². The summed E-state index contributed by atoms with van der Waals surface area (Å²) in [6.45, 7) is 3.67. The van der Waals surface area contributed by atoms with E-state index in [4.69, 9.17) is 5.11 Å². The first-order chi connectivity index (χ1) is 11.1. The Kier molecular flexibility index (Phi) is 7.38. The first kappa shape index (κ1) is 18.3. The molecule has 1 heterocycles. The van der Waals surface area contributed by atoms with E-state index in [0.29, 0.717) is 5.91 Å². The fraction of sp³-hybridized carbons (Fsp3) is 0.895. The van der Waals surface area contributed by atoms with Gasteiger partial charge in [-0.3, -0.25) is 9.59 Å². The smallest absolute Gasteiger partial charge is 0.303 e. The zero-order chi connectivity index (χ0) is 16.7. The van der Waals surface area contributed by atoms with E-state index in [-0.39, 0.29) is 18.3 Å². The minimum absolute atomic E-state index is 0.194. The van der Waals surface area contributed by atoms with Crippen LogP contribution in [0.2, 0.25) is 0 Å². The molecule has 1 saturated heterocycles. The molecule has 0 aromatic rings. The first-order valence-electron chi connectivity index (χ1n) is 9.60. The standard InChI is InChI=1S/C19H33NO3/c1-2-6-17(13-15-7-4-3-5-8-15)19(23)20-11-9-16(10-12-20)14-18(21)22/h15-17H,2-14H2,1H3,(H,21,22). The average molecular weight is 323 g/mol. The van der Waals surface area contributed by atoms with Gasteiger partial charge in [0.1, 0.15) is 0 Å².